The lowest BCUT2D eigenvalue weighted by Crippen LogP contribution is -2.51. The molecule has 2 rings (SSSR count). The number of nitrogens with zero attached hydrogens (tertiary/aromatic N) is 3. The van der Waals surface area contributed by atoms with E-state index in [2.05, 4.69) is 34.0 Å². The molecule has 0 amide bonds. The van der Waals surface area contributed by atoms with Gasteiger partial charge in [-0.2, -0.15) is 4.98 Å². The number of likely N-dealkylation sites (N-methyl/N-ethyl adjacent to an activating group) is 1. The number of rotatable bonds is 7. The number of morpholine rings is 1. The molecule has 1 saturated heterocycles. The second-order valence-electron chi connectivity index (χ2n) is 4.79. The van der Waals surface area contributed by atoms with E-state index >= 15 is 0 Å². The van der Waals surface area contributed by atoms with Crippen LogP contribution in [0.5, 0.6) is 5.88 Å². The van der Waals surface area contributed by atoms with Crippen LogP contribution in [0.4, 0.5) is 5.82 Å². The fourth-order valence-corrected chi connectivity index (χ4v) is 2.19. The van der Waals surface area contributed by atoms with E-state index in [0.29, 0.717) is 25.1 Å². The molecule has 2 heterocycles. The first kappa shape index (κ1) is 15.0. The minimum atomic E-state index is 0.291. The average Bonchev–Trinajstić information content (AvgIpc) is 2.51. The Kier molecular flexibility index (Phi) is 6.01. The van der Waals surface area contributed by atoms with Crippen molar-refractivity contribution in [2.75, 3.05) is 44.4 Å². The van der Waals surface area contributed by atoms with Crippen LogP contribution >= 0.6 is 0 Å². The summed E-state index contributed by atoms with van der Waals surface area (Å²) >= 11 is 0. The van der Waals surface area contributed by atoms with Gasteiger partial charge in [-0.15, -0.1) is 0 Å². The highest BCUT2D eigenvalue weighted by atomic mass is 16.5. The first-order valence-corrected chi connectivity index (χ1v) is 7.35. The number of aromatic nitrogens is 2. The standard InChI is InChI=1S/C14H24N4O2/c1-3-6-20-14-10-16-9-13(17-14)18-5-7-19-11-12(18)8-15-4-2/h9-10,12,15H,3-8,11H2,1-2H3. The lowest BCUT2D eigenvalue weighted by Gasteiger charge is -2.36. The van der Waals surface area contributed by atoms with Crippen molar-refractivity contribution in [3.05, 3.63) is 12.4 Å². The predicted molar refractivity (Wildman–Crippen MR) is 78.3 cm³/mol. The number of hydrogen-bond acceptors (Lipinski definition) is 6. The zero-order valence-corrected chi connectivity index (χ0v) is 12.3. The first-order chi connectivity index (χ1) is 9.85. The van der Waals surface area contributed by atoms with Gasteiger partial charge in [0.25, 0.3) is 0 Å². The second-order valence-corrected chi connectivity index (χ2v) is 4.79. The van der Waals surface area contributed by atoms with E-state index in [4.69, 9.17) is 9.47 Å². The molecule has 112 valence electrons. The van der Waals surface area contributed by atoms with E-state index < -0.39 is 0 Å². The first-order valence-electron chi connectivity index (χ1n) is 7.35. The molecule has 1 aromatic rings. The average molecular weight is 280 g/mol. The van der Waals surface area contributed by atoms with Gasteiger partial charge in [-0.25, -0.2) is 0 Å². The summed E-state index contributed by atoms with van der Waals surface area (Å²) in [6, 6.07) is 0.291. The van der Waals surface area contributed by atoms with E-state index in [1.165, 1.54) is 0 Å². The molecule has 1 aliphatic rings. The van der Waals surface area contributed by atoms with E-state index in [1.807, 2.05) is 0 Å². The lowest BCUT2D eigenvalue weighted by atomic mass is 10.2. The van der Waals surface area contributed by atoms with Gasteiger partial charge >= 0.3 is 0 Å². The highest BCUT2D eigenvalue weighted by Gasteiger charge is 2.24. The SMILES string of the molecule is CCCOc1cncc(N2CCOCC2CNCC)n1. The minimum Gasteiger partial charge on any atom is -0.477 e. The molecule has 0 aliphatic carbocycles. The normalized spacial score (nSPS) is 19.1. The van der Waals surface area contributed by atoms with Gasteiger partial charge in [0.1, 0.15) is 0 Å². The Morgan fingerprint density at radius 2 is 2.35 bits per heavy atom. The monoisotopic (exact) mass is 280 g/mol. The molecule has 1 aliphatic heterocycles. The van der Waals surface area contributed by atoms with Crippen LogP contribution in [0.3, 0.4) is 0 Å². The minimum absolute atomic E-state index is 0.291. The van der Waals surface area contributed by atoms with Crippen molar-refractivity contribution in [1.29, 1.82) is 0 Å². The lowest BCUT2D eigenvalue weighted by molar-refractivity contribution is 0.0934. The molecule has 6 heteroatoms. The fourth-order valence-electron chi connectivity index (χ4n) is 2.19. The molecule has 0 aromatic carbocycles. The summed E-state index contributed by atoms with van der Waals surface area (Å²) in [5, 5.41) is 3.37. The van der Waals surface area contributed by atoms with Crippen LogP contribution in [0.1, 0.15) is 20.3 Å². The number of hydrogen-bond donors (Lipinski definition) is 1. The smallest absolute Gasteiger partial charge is 0.234 e. The summed E-state index contributed by atoms with van der Waals surface area (Å²) in [5.41, 5.74) is 0. The molecular formula is C14H24N4O2. The topological polar surface area (TPSA) is 59.5 Å². The van der Waals surface area contributed by atoms with Gasteiger partial charge in [-0.05, 0) is 13.0 Å². The molecule has 1 atom stereocenters. The Morgan fingerprint density at radius 1 is 1.45 bits per heavy atom. The van der Waals surface area contributed by atoms with Gasteiger partial charge in [-0.3, -0.25) is 4.98 Å². The van der Waals surface area contributed by atoms with E-state index in [9.17, 15) is 0 Å². The molecule has 0 bridgehead atoms. The van der Waals surface area contributed by atoms with Crippen molar-refractivity contribution >= 4 is 5.82 Å². The third-order valence-corrected chi connectivity index (χ3v) is 3.21. The summed E-state index contributed by atoms with van der Waals surface area (Å²) in [6.45, 7) is 8.97. The molecule has 6 nitrogen and oxygen atoms in total. The summed E-state index contributed by atoms with van der Waals surface area (Å²) in [5.74, 6) is 1.46. The van der Waals surface area contributed by atoms with E-state index in [1.54, 1.807) is 12.4 Å². The second kappa shape index (κ2) is 8.01. The Balaban J connectivity index is 2.06. The molecule has 1 fully saturated rings. The van der Waals surface area contributed by atoms with Crippen LogP contribution in [-0.2, 0) is 4.74 Å². The molecule has 1 N–H and O–H groups in total. The van der Waals surface area contributed by atoms with Gasteiger partial charge in [-0.1, -0.05) is 13.8 Å². The zero-order valence-electron chi connectivity index (χ0n) is 12.3. The molecular weight excluding hydrogens is 256 g/mol. The largest absolute Gasteiger partial charge is 0.477 e. The summed E-state index contributed by atoms with van der Waals surface area (Å²) < 4.78 is 11.1. The number of ether oxygens (including phenoxy) is 2. The van der Waals surface area contributed by atoms with Gasteiger partial charge in [0, 0.05) is 13.1 Å². The van der Waals surface area contributed by atoms with Crippen LogP contribution in [-0.4, -0.2) is 55.5 Å². The quantitative estimate of drug-likeness (QED) is 0.806. The van der Waals surface area contributed by atoms with Crippen LogP contribution in [0, 0.1) is 0 Å². The van der Waals surface area contributed by atoms with Gasteiger partial charge in [0.2, 0.25) is 5.88 Å². The molecule has 1 unspecified atom stereocenters. The van der Waals surface area contributed by atoms with Crippen molar-refractivity contribution in [2.45, 2.75) is 26.3 Å². The zero-order chi connectivity index (χ0) is 14.2. The molecule has 1 aromatic heterocycles. The molecule has 0 saturated carbocycles. The van der Waals surface area contributed by atoms with Gasteiger partial charge < -0.3 is 19.7 Å². The van der Waals surface area contributed by atoms with Crippen LogP contribution in [0.15, 0.2) is 12.4 Å². The molecule has 0 radical (unpaired) electrons. The maximum atomic E-state index is 5.56. The molecule has 20 heavy (non-hydrogen) atoms. The van der Waals surface area contributed by atoms with Crippen molar-refractivity contribution in [3.63, 3.8) is 0 Å². The van der Waals surface area contributed by atoms with E-state index in [0.717, 1.165) is 38.5 Å². The Labute approximate surface area is 120 Å². The van der Waals surface area contributed by atoms with Crippen molar-refractivity contribution in [2.24, 2.45) is 0 Å². The van der Waals surface area contributed by atoms with Crippen LogP contribution < -0.4 is 15.0 Å². The van der Waals surface area contributed by atoms with Crippen molar-refractivity contribution in [3.8, 4) is 5.88 Å². The number of anilines is 1. The Morgan fingerprint density at radius 3 is 3.15 bits per heavy atom. The van der Waals surface area contributed by atoms with Crippen molar-refractivity contribution in [1.82, 2.24) is 15.3 Å². The Hall–Kier alpha value is -1.40. The fraction of sp³-hybridized carbons (Fsp3) is 0.714. The third-order valence-electron chi connectivity index (χ3n) is 3.21. The van der Waals surface area contributed by atoms with Crippen LogP contribution in [0.2, 0.25) is 0 Å². The molecule has 0 spiro atoms. The Bertz CT molecular complexity index is 403. The van der Waals surface area contributed by atoms with Crippen LogP contribution in [0.25, 0.3) is 0 Å². The third kappa shape index (κ3) is 4.05. The van der Waals surface area contributed by atoms with Gasteiger partial charge in [0.05, 0.1) is 38.3 Å². The predicted octanol–water partition coefficient (Wildman–Crippen LogP) is 1.08. The van der Waals surface area contributed by atoms with Crippen molar-refractivity contribution < 1.29 is 9.47 Å². The highest BCUT2D eigenvalue weighted by molar-refractivity contribution is 5.39. The maximum Gasteiger partial charge on any atom is 0.234 e. The highest BCUT2D eigenvalue weighted by Crippen LogP contribution is 2.19. The maximum absolute atomic E-state index is 5.56. The van der Waals surface area contributed by atoms with E-state index in [-0.39, 0.29) is 0 Å². The summed E-state index contributed by atoms with van der Waals surface area (Å²) in [4.78, 5) is 11.0. The number of nitrogens with one attached hydrogen (secondary N) is 1. The summed E-state index contributed by atoms with van der Waals surface area (Å²) in [6.07, 6.45) is 4.43. The van der Waals surface area contributed by atoms with Gasteiger partial charge in [0.15, 0.2) is 5.82 Å². The summed E-state index contributed by atoms with van der Waals surface area (Å²) in [7, 11) is 0.